The predicted molar refractivity (Wildman–Crippen MR) is 67.9 cm³/mol. The number of nitriles is 1. The Labute approximate surface area is 105 Å². The first-order valence-corrected chi connectivity index (χ1v) is 6.36. The summed E-state index contributed by atoms with van der Waals surface area (Å²) in [5.41, 5.74) is -0.613. The third-order valence-electron chi connectivity index (χ3n) is 2.51. The Hall–Kier alpha value is -1.32. The molecule has 0 radical (unpaired) electrons. The summed E-state index contributed by atoms with van der Waals surface area (Å²) in [4.78, 5) is 17.7. The van der Waals surface area contributed by atoms with Gasteiger partial charge in [-0.2, -0.15) is 5.26 Å². The molecule has 17 heavy (non-hydrogen) atoms. The number of hydrogen-bond acceptors (Lipinski definition) is 5. The minimum atomic E-state index is -0.474. The number of aromatic nitrogens is 2. The van der Waals surface area contributed by atoms with Gasteiger partial charge in [-0.05, 0) is 26.8 Å². The van der Waals surface area contributed by atoms with Crippen LogP contribution in [0.25, 0.3) is 0 Å². The number of hydrogen-bond donors (Lipinski definition) is 2. The van der Waals surface area contributed by atoms with E-state index in [2.05, 4.69) is 21.4 Å². The van der Waals surface area contributed by atoms with Crippen LogP contribution in [0.4, 0.5) is 0 Å². The van der Waals surface area contributed by atoms with Gasteiger partial charge in [-0.3, -0.25) is 4.79 Å². The van der Waals surface area contributed by atoms with E-state index in [1.807, 2.05) is 6.92 Å². The van der Waals surface area contributed by atoms with E-state index in [1.165, 1.54) is 24.0 Å². The molecular formula is C11H16N4OS. The predicted octanol–water partition coefficient (Wildman–Crippen LogP) is 1.14. The monoisotopic (exact) mass is 252 g/mol. The van der Waals surface area contributed by atoms with E-state index in [0.717, 1.165) is 18.6 Å². The van der Waals surface area contributed by atoms with Crippen LogP contribution in [-0.2, 0) is 0 Å². The Morgan fingerprint density at radius 1 is 1.71 bits per heavy atom. The molecule has 0 amide bonds. The second kappa shape index (κ2) is 6.42. The average molecular weight is 252 g/mol. The first-order valence-electron chi connectivity index (χ1n) is 5.38. The molecular weight excluding hydrogens is 236 g/mol. The molecule has 6 heteroatoms. The number of nitrogens with one attached hydrogen (secondary N) is 2. The van der Waals surface area contributed by atoms with Crippen molar-refractivity contribution in [1.82, 2.24) is 15.3 Å². The van der Waals surface area contributed by atoms with E-state index in [1.54, 1.807) is 7.05 Å². The van der Waals surface area contributed by atoms with Crippen molar-refractivity contribution >= 4 is 11.8 Å². The molecule has 0 aliphatic rings. The van der Waals surface area contributed by atoms with Gasteiger partial charge < -0.3 is 10.3 Å². The molecule has 1 rings (SSSR count). The minimum Gasteiger partial charge on any atom is -0.303 e. The van der Waals surface area contributed by atoms with Crippen LogP contribution < -0.4 is 10.9 Å². The molecule has 0 spiro atoms. The molecule has 0 fully saturated rings. The van der Waals surface area contributed by atoms with Crippen LogP contribution in [0.5, 0.6) is 0 Å². The molecule has 1 aromatic heterocycles. The number of nitrogens with zero attached hydrogens (tertiary/aromatic N) is 2. The summed E-state index contributed by atoms with van der Waals surface area (Å²) in [6.07, 6.45) is 3.15. The van der Waals surface area contributed by atoms with Gasteiger partial charge in [-0.1, -0.05) is 11.8 Å². The summed E-state index contributed by atoms with van der Waals surface area (Å²) >= 11 is 1.49. The van der Waals surface area contributed by atoms with E-state index in [0.29, 0.717) is 5.16 Å². The van der Waals surface area contributed by atoms with Crippen molar-refractivity contribution in [3.8, 4) is 6.07 Å². The fourth-order valence-corrected chi connectivity index (χ4v) is 2.05. The molecule has 0 aromatic carbocycles. The van der Waals surface area contributed by atoms with Crippen LogP contribution in [0.2, 0.25) is 0 Å². The molecule has 1 heterocycles. The first-order chi connectivity index (χ1) is 8.09. The van der Waals surface area contributed by atoms with E-state index in [-0.39, 0.29) is 5.56 Å². The third-order valence-corrected chi connectivity index (χ3v) is 3.48. The lowest BCUT2D eigenvalue weighted by Crippen LogP contribution is -2.37. The summed E-state index contributed by atoms with van der Waals surface area (Å²) in [6, 6.07) is 3.63. The molecule has 92 valence electrons. The fourth-order valence-electron chi connectivity index (χ4n) is 1.26. The van der Waals surface area contributed by atoms with Gasteiger partial charge in [0.25, 0.3) is 5.56 Å². The standard InChI is InChI=1S/C11H16N4OS/c1-11(8-12,13-2)5-3-7-17-10-14-6-4-9(16)15-10/h4,6,13H,3,5,7H2,1-2H3,(H,14,15,16). The van der Waals surface area contributed by atoms with Crippen molar-refractivity contribution in [2.24, 2.45) is 0 Å². The second-order valence-corrected chi connectivity index (χ2v) is 4.97. The largest absolute Gasteiger partial charge is 0.303 e. The zero-order valence-electron chi connectivity index (χ0n) is 9.99. The summed E-state index contributed by atoms with van der Waals surface area (Å²) in [7, 11) is 1.78. The van der Waals surface area contributed by atoms with E-state index in [9.17, 15) is 4.79 Å². The number of H-pyrrole nitrogens is 1. The topological polar surface area (TPSA) is 81.6 Å². The quantitative estimate of drug-likeness (QED) is 0.451. The van der Waals surface area contributed by atoms with Crippen LogP contribution in [0.15, 0.2) is 22.2 Å². The van der Waals surface area contributed by atoms with Gasteiger partial charge in [-0.25, -0.2) is 4.98 Å². The number of rotatable bonds is 6. The summed E-state index contributed by atoms with van der Waals surface area (Å²) < 4.78 is 0. The van der Waals surface area contributed by atoms with Crippen LogP contribution in [-0.4, -0.2) is 28.3 Å². The molecule has 0 aliphatic carbocycles. The van der Waals surface area contributed by atoms with Gasteiger partial charge >= 0.3 is 0 Å². The maximum atomic E-state index is 11.0. The van der Waals surface area contributed by atoms with Gasteiger partial charge in [0.05, 0.1) is 6.07 Å². The number of aromatic amines is 1. The highest BCUT2D eigenvalue weighted by molar-refractivity contribution is 7.99. The fraction of sp³-hybridized carbons (Fsp3) is 0.545. The Kier molecular flexibility index (Phi) is 5.19. The highest BCUT2D eigenvalue weighted by Gasteiger charge is 2.19. The van der Waals surface area contributed by atoms with Crippen molar-refractivity contribution in [2.75, 3.05) is 12.8 Å². The van der Waals surface area contributed by atoms with Crippen molar-refractivity contribution in [3.05, 3.63) is 22.6 Å². The minimum absolute atomic E-state index is 0.139. The molecule has 5 nitrogen and oxygen atoms in total. The highest BCUT2D eigenvalue weighted by atomic mass is 32.2. The normalized spacial score (nSPS) is 13.9. The molecule has 0 bridgehead atoms. The zero-order chi connectivity index (χ0) is 12.7. The summed E-state index contributed by atoms with van der Waals surface area (Å²) in [5.74, 6) is 0.825. The summed E-state index contributed by atoms with van der Waals surface area (Å²) in [6.45, 7) is 1.88. The first kappa shape index (κ1) is 13.7. The third kappa shape index (κ3) is 4.59. The maximum Gasteiger partial charge on any atom is 0.251 e. The molecule has 1 atom stereocenters. The van der Waals surface area contributed by atoms with Crippen molar-refractivity contribution < 1.29 is 0 Å². The smallest absolute Gasteiger partial charge is 0.251 e. The molecule has 1 unspecified atom stereocenters. The lowest BCUT2D eigenvalue weighted by atomic mass is 9.99. The lowest BCUT2D eigenvalue weighted by Gasteiger charge is -2.19. The van der Waals surface area contributed by atoms with Crippen molar-refractivity contribution in [1.29, 1.82) is 5.26 Å². The van der Waals surface area contributed by atoms with E-state index in [4.69, 9.17) is 5.26 Å². The van der Waals surface area contributed by atoms with Crippen LogP contribution in [0.3, 0.4) is 0 Å². The van der Waals surface area contributed by atoms with Crippen LogP contribution in [0, 0.1) is 11.3 Å². The molecule has 0 saturated carbocycles. The van der Waals surface area contributed by atoms with E-state index >= 15 is 0 Å². The Balaban J connectivity index is 2.35. The Bertz CT molecular complexity index is 453. The van der Waals surface area contributed by atoms with Gasteiger partial charge in [0, 0.05) is 18.0 Å². The number of thioether (sulfide) groups is 1. The SMILES string of the molecule is CNC(C)(C#N)CCCSc1nccc(=O)[nH]1. The zero-order valence-corrected chi connectivity index (χ0v) is 10.8. The Morgan fingerprint density at radius 2 is 2.47 bits per heavy atom. The van der Waals surface area contributed by atoms with Gasteiger partial charge in [0.2, 0.25) is 0 Å². The Morgan fingerprint density at radius 3 is 3.06 bits per heavy atom. The van der Waals surface area contributed by atoms with Gasteiger partial charge in [-0.15, -0.1) is 0 Å². The average Bonchev–Trinajstić information content (AvgIpc) is 2.34. The second-order valence-electron chi connectivity index (χ2n) is 3.89. The summed E-state index contributed by atoms with van der Waals surface area (Å²) in [5, 5.41) is 12.6. The van der Waals surface area contributed by atoms with Gasteiger partial charge in [0.15, 0.2) is 5.16 Å². The van der Waals surface area contributed by atoms with Crippen molar-refractivity contribution in [2.45, 2.75) is 30.5 Å². The lowest BCUT2D eigenvalue weighted by molar-refractivity contribution is 0.451. The van der Waals surface area contributed by atoms with Crippen molar-refractivity contribution in [3.63, 3.8) is 0 Å². The van der Waals surface area contributed by atoms with E-state index < -0.39 is 5.54 Å². The van der Waals surface area contributed by atoms with Crippen LogP contribution >= 0.6 is 11.8 Å². The van der Waals surface area contributed by atoms with Gasteiger partial charge in [0.1, 0.15) is 5.54 Å². The molecule has 0 aliphatic heterocycles. The van der Waals surface area contributed by atoms with Crippen LogP contribution in [0.1, 0.15) is 19.8 Å². The molecule has 2 N–H and O–H groups in total. The molecule has 1 aromatic rings. The molecule has 0 saturated heterocycles. The maximum absolute atomic E-state index is 11.0. The highest BCUT2D eigenvalue weighted by Crippen LogP contribution is 2.16.